The van der Waals surface area contributed by atoms with Crippen molar-refractivity contribution >= 4 is 107 Å². The summed E-state index contributed by atoms with van der Waals surface area (Å²) in [5, 5.41) is 18.5. The van der Waals surface area contributed by atoms with Gasteiger partial charge in [0.25, 0.3) is 11.8 Å². The number of pyridine rings is 2. The molecule has 0 radical (unpaired) electrons. The lowest BCUT2D eigenvalue weighted by Crippen LogP contribution is -2.29. The first-order valence-corrected chi connectivity index (χ1v) is 23.6. The normalized spacial score (nSPS) is 11.3. The second kappa shape index (κ2) is 21.5. The van der Waals surface area contributed by atoms with Gasteiger partial charge in [0.05, 0.1) is 0 Å². The molecule has 0 saturated heterocycles. The number of alkyl halides is 2. The summed E-state index contributed by atoms with van der Waals surface area (Å²) in [6.45, 7) is 2.69. The Morgan fingerprint density at radius 1 is 0.576 bits per heavy atom. The highest BCUT2D eigenvalue weighted by Crippen LogP contribution is 2.33. The van der Waals surface area contributed by atoms with Crippen molar-refractivity contribution in [2.45, 2.75) is 32.1 Å². The molecule has 336 valence electrons. The zero-order chi connectivity index (χ0) is 46.0. The number of nitrogens with one attached hydrogen (secondary N) is 4. The minimum Gasteiger partial charge on any atom is -0.385 e. The summed E-state index contributed by atoms with van der Waals surface area (Å²) >= 11 is 12.0. The van der Waals surface area contributed by atoms with Crippen LogP contribution < -0.4 is 35.3 Å². The van der Waals surface area contributed by atoms with E-state index in [1.54, 1.807) is 0 Å². The van der Waals surface area contributed by atoms with Gasteiger partial charge in [0.1, 0.15) is 25.5 Å². The Morgan fingerprint density at radius 3 is 1.82 bits per heavy atom. The van der Waals surface area contributed by atoms with Crippen LogP contribution in [0.2, 0.25) is 0 Å². The molecule has 66 heavy (non-hydrogen) atoms. The molecule has 0 spiro atoms. The molecular formula is C54H55Cl2N7O3+2. The van der Waals surface area contributed by atoms with E-state index in [0.717, 1.165) is 93.5 Å². The summed E-state index contributed by atoms with van der Waals surface area (Å²) in [5.41, 5.74) is 7.58. The van der Waals surface area contributed by atoms with E-state index in [0.29, 0.717) is 53.8 Å². The van der Waals surface area contributed by atoms with Crippen molar-refractivity contribution in [2.75, 3.05) is 58.8 Å². The van der Waals surface area contributed by atoms with Crippen molar-refractivity contribution in [2.24, 2.45) is 14.1 Å². The first-order chi connectivity index (χ1) is 32.2. The highest BCUT2D eigenvalue weighted by Gasteiger charge is 2.18. The number of unbranched alkanes of at least 4 members (excludes halogenated alkanes) is 1. The molecule has 6 aromatic carbocycles. The monoisotopic (exact) mass is 919 g/mol. The SMILES string of the molecule is C[n+]1cc(NC(=O)c2ccc3ccc4c(NCCCCNC(=O)CCCc5ccc(N(CCCl)CCCl)cc5)cc(C(=O)Nc5cc6ccccc6[n+](C)c5)cc4c3c2)cc2ccccc21. The maximum absolute atomic E-state index is 14.1. The van der Waals surface area contributed by atoms with Crippen LogP contribution in [0.15, 0.2) is 140 Å². The number of para-hydroxylation sites is 2. The number of aryl methyl sites for hydroxylation is 3. The fraction of sp³-hybridized carbons (Fsp3) is 0.241. The fourth-order valence-electron chi connectivity index (χ4n) is 8.64. The highest BCUT2D eigenvalue weighted by molar-refractivity contribution is 6.19. The van der Waals surface area contributed by atoms with Gasteiger partial charge in [-0.15, -0.1) is 23.2 Å². The quantitative estimate of drug-likeness (QED) is 0.0280. The molecule has 0 aliphatic rings. The van der Waals surface area contributed by atoms with E-state index in [9.17, 15) is 14.4 Å². The predicted octanol–water partition coefficient (Wildman–Crippen LogP) is 10.1. The van der Waals surface area contributed by atoms with Gasteiger partial charge >= 0.3 is 0 Å². The zero-order valence-electron chi connectivity index (χ0n) is 37.4. The molecule has 3 amide bonds. The summed E-state index contributed by atoms with van der Waals surface area (Å²) in [4.78, 5) is 42.9. The fourth-order valence-corrected chi connectivity index (χ4v) is 9.05. The highest BCUT2D eigenvalue weighted by atomic mass is 35.5. The number of nitrogens with zero attached hydrogens (tertiary/aromatic N) is 3. The third-order valence-corrected chi connectivity index (χ3v) is 12.4. The number of hydrogen-bond acceptors (Lipinski definition) is 5. The average Bonchev–Trinajstić information content (AvgIpc) is 3.32. The Morgan fingerprint density at radius 2 is 1.17 bits per heavy atom. The molecule has 0 unspecified atom stereocenters. The van der Waals surface area contributed by atoms with Crippen LogP contribution in [0.1, 0.15) is 52.0 Å². The molecule has 10 nitrogen and oxygen atoms in total. The molecule has 0 aliphatic heterocycles. The molecule has 2 aromatic heterocycles. The van der Waals surface area contributed by atoms with Crippen molar-refractivity contribution in [1.82, 2.24) is 5.32 Å². The predicted molar refractivity (Wildman–Crippen MR) is 271 cm³/mol. The largest absolute Gasteiger partial charge is 0.385 e. The van der Waals surface area contributed by atoms with Gasteiger partial charge in [-0.1, -0.05) is 54.6 Å². The summed E-state index contributed by atoms with van der Waals surface area (Å²) < 4.78 is 4.00. The van der Waals surface area contributed by atoms with E-state index in [1.807, 2.05) is 133 Å². The Hall–Kier alpha value is -6.75. The molecule has 0 saturated carbocycles. The van der Waals surface area contributed by atoms with Crippen molar-refractivity contribution in [3.05, 3.63) is 156 Å². The number of halogens is 2. The number of carbonyl (C=O) groups excluding carboxylic acids is 3. The number of benzene rings is 6. The lowest BCUT2D eigenvalue weighted by molar-refractivity contribution is -0.644. The second-order valence-corrected chi connectivity index (χ2v) is 17.5. The van der Waals surface area contributed by atoms with Crippen LogP contribution in [0.25, 0.3) is 43.4 Å². The smallest absolute Gasteiger partial charge is 0.255 e. The second-order valence-electron chi connectivity index (χ2n) is 16.7. The Labute approximate surface area is 395 Å². The summed E-state index contributed by atoms with van der Waals surface area (Å²) in [6.07, 6.45) is 7.46. The first-order valence-electron chi connectivity index (χ1n) is 22.5. The van der Waals surface area contributed by atoms with Crippen molar-refractivity contribution in [3.8, 4) is 0 Å². The van der Waals surface area contributed by atoms with Gasteiger partial charge < -0.3 is 26.2 Å². The molecule has 0 bridgehead atoms. The van der Waals surface area contributed by atoms with E-state index in [-0.39, 0.29) is 17.7 Å². The van der Waals surface area contributed by atoms with Gasteiger partial charge in [-0.2, -0.15) is 9.13 Å². The maximum atomic E-state index is 14.1. The Kier molecular flexibility index (Phi) is 14.9. The number of aromatic nitrogens is 2. The lowest BCUT2D eigenvalue weighted by atomic mass is 9.96. The molecule has 8 aromatic rings. The number of amides is 3. The summed E-state index contributed by atoms with van der Waals surface area (Å²) in [7, 11) is 3.93. The minimum absolute atomic E-state index is 0.0471. The first kappa shape index (κ1) is 45.8. The van der Waals surface area contributed by atoms with Gasteiger partial charge in [-0.25, -0.2) is 0 Å². The van der Waals surface area contributed by atoms with Crippen molar-refractivity contribution < 1.29 is 23.5 Å². The van der Waals surface area contributed by atoms with Crippen LogP contribution in [0.3, 0.4) is 0 Å². The van der Waals surface area contributed by atoms with E-state index in [1.165, 1.54) is 5.56 Å². The van der Waals surface area contributed by atoms with Gasteiger partial charge in [0, 0.05) is 95.2 Å². The van der Waals surface area contributed by atoms with Gasteiger partial charge in [-0.05, 0) is 108 Å². The molecular weight excluding hydrogens is 866 g/mol. The van der Waals surface area contributed by atoms with E-state index < -0.39 is 0 Å². The van der Waals surface area contributed by atoms with E-state index >= 15 is 0 Å². The van der Waals surface area contributed by atoms with Crippen LogP contribution in [0.4, 0.5) is 22.7 Å². The zero-order valence-corrected chi connectivity index (χ0v) is 38.9. The number of fused-ring (bicyclic) bond motifs is 5. The molecule has 0 atom stereocenters. The summed E-state index contributed by atoms with van der Waals surface area (Å²) in [6, 6.07) is 42.1. The minimum atomic E-state index is -0.249. The third kappa shape index (κ3) is 11.0. The molecule has 12 heteroatoms. The Bertz CT molecular complexity index is 3040. The van der Waals surface area contributed by atoms with Crippen molar-refractivity contribution in [1.29, 1.82) is 0 Å². The number of anilines is 4. The summed E-state index contributed by atoms with van der Waals surface area (Å²) in [5.74, 6) is 0.649. The van der Waals surface area contributed by atoms with Crippen LogP contribution in [-0.4, -0.2) is 55.7 Å². The molecule has 4 N–H and O–H groups in total. The molecule has 0 fully saturated rings. The number of carbonyl (C=O) groups is 3. The molecule has 2 heterocycles. The van der Waals surface area contributed by atoms with Crippen LogP contribution in [0.5, 0.6) is 0 Å². The number of hydrogen-bond donors (Lipinski definition) is 4. The number of rotatable bonds is 19. The average molecular weight is 921 g/mol. The maximum Gasteiger partial charge on any atom is 0.255 e. The molecule has 8 rings (SSSR count). The van der Waals surface area contributed by atoms with Gasteiger partial charge in [0.15, 0.2) is 12.4 Å². The Balaban J connectivity index is 0.950. The van der Waals surface area contributed by atoms with Gasteiger partial charge in [-0.3, -0.25) is 14.4 Å². The molecule has 0 aliphatic carbocycles. The topological polar surface area (TPSA) is 110 Å². The van der Waals surface area contributed by atoms with Crippen LogP contribution in [0, 0.1) is 0 Å². The van der Waals surface area contributed by atoms with E-state index in [4.69, 9.17) is 23.2 Å². The van der Waals surface area contributed by atoms with Crippen LogP contribution in [-0.2, 0) is 25.3 Å². The third-order valence-electron chi connectivity index (χ3n) is 12.0. The lowest BCUT2D eigenvalue weighted by Gasteiger charge is -2.23. The van der Waals surface area contributed by atoms with Crippen molar-refractivity contribution in [3.63, 3.8) is 0 Å². The van der Waals surface area contributed by atoms with Crippen LogP contribution >= 0.6 is 23.2 Å². The van der Waals surface area contributed by atoms with Gasteiger partial charge in [0.2, 0.25) is 16.9 Å². The standard InChI is InChI=1S/C54H53Cl2N7O3/c1-61-35-43(30-39-11-3-5-13-50(39)61)59-53(65)41-19-18-38-20-23-46-48(47(38)32-41)33-42(54(66)60-44-31-40-12-4-6-14-51(40)62(2)36-44)34-49(46)57-26-7-8-27-58-52(64)15-9-10-37-16-21-45(22-17-37)63(28-24-55)29-25-56/h3-6,11-14,16-23,30-36H,7-10,15,24-29H2,1-2H3,(H2-2,57,58,59,60,64,65,66)/p+2. The van der Waals surface area contributed by atoms with E-state index in [2.05, 4.69) is 56.5 Å².